The Bertz CT molecular complexity index is 1230. The van der Waals surface area contributed by atoms with Crippen molar-refractivity contribution >= 4 is 44.8 Å². The number of hydrogen-bond acceptors (Lipinski definition) is 4. The van der Waals surface area contributed by atoms with Crippen molar-refractivity contribution in [2.45, 2.75) is 18.7 Å². The lowest BCUT2D eigenvalue weighted by atomic mass is 10.1. The van der Waals surface area contributed by atoms with Crippen LogP contribution in [0.5, 0.6) is 5.75 Å². The third-order valence-electron chi connectivity index (χ3n) is 4.80. The van der Waals surface area contributed by atoms with Gasteiger partial charge in [-0.25, -0.2) is 8.42 Å². The maximum Gasteiger partial charge on any atom is 0.263 e. The van der Waals surface area contributed by atoms with Crippen LogP contribution >= 0.6 is 23.2 Å². The Balaban J connectivity index is 1.68. The summed E-state index contributed by atoms with van der Waals surface area (Å²) >= 11 is 12.0. The first-order valence-corrected chi connectivity index (χ1v) is 12.0. The van der Waals surface area contributed by atoms with Crippen LogP contribution in [0.3, 0.4) is 0 Å². The van der Waals surface area contributed by atoms with Gasteiger partial charge >= 0.3 is 0 Å². The SMILES string of the molecule is Cc1cccc(NS(=O)(=O)c2cc(C(=O)NCCOc3ccc(Cl)cc3)ccc2Cl)c1C. The van der Waals surface area contributed by atoms with Crippen LogP contribution in [-0.4, -0.2) is 27.5 Å². The molecule has 0 bridgehead atoms. The zero-order chi connectivity index (χ0) is 23.3. The third kappa shape index (κ3) is 5.94. The average molecular weight is 493 g/mol. The molecule has 9 heteroatoms. The first-order valence-electron chi connectivity index (χ1n) is 9.72. The maximum atomic E-state index is 12.9. The van der Waals surface area contributed by atoms with Gasteiger partial charge in [-0.2, -0.15) is 0 Å². The number of halogens is 2. The van der Waals surface area contributed by atoms with Crippen molar-refractivity contribution in [1.82, 2.24) is 5.32 Å². The Labute approximate surface area is 197 Å². The predicted molar refractivity (Wildman–Crippen MR) is 127 cm³/mol. The lowest BCUT2D eigenvalue weighted by molar-refractivity contribution is 0.0947. The van der Waals surface area contributed by atoms with Crippen LogP contribution in [-0.2, 0) is 10.0 Å². The highest BCUT2D eigenvalue weighted by Crippen LogP contribution is 2.27. The third-order valence-corrected chi connectivity index (χ3v) is 6.90. The molecule has 168 valence electrons. The average Bonchev–Trinajstić information content (AvgIpc) is 2.75. The van der Waals surface area contributed by atoms with E-state index in [0.717, 1.165) is 11.1 Å². The van der Waals surface area contributed by atoms with Gasteiger partial charge in [0.1, 0.15) is 17.3 Å². The molecule has 0 heterocycles. The van der Waals surface area contributed by atoms with Crippen LogP contribution in [0.25, 0.3) is 0 Å². The fraction of sp³-hybridized carbons (Fsp3) is 0.174. The molecule has 6 nitrogen and oxygen atoms in total. The summed E-state index contributed by atoms with van der Waals surface area (Å²) in [4.78, 5) is 12.3. The van der Waals surface area contributed by atoms with Crippen molar-refractivity contribution in [3.63, 3.8) is 0 Å². The van der Waals surface area contributed by atoms with E-state index in [0.29, 0.717) is 16.5 Å². The number of nitrogens with one attached hydrogen (secondary N) is 2. The van der Waals surface area contributed by atoms with Crippen molar-refractivity contribution < 1.29 is 17.9 Å². The van der Waals surface area contributed by atoms with E-state index in [1.54, 1.807) is 36.4 Å². The number of benzene rings is 3. The summed E-state index contributed by atoms with van der Waals surface area (Å²) in [5.41, 5.74) is 2.38. The second kappa shape index (κ2) is 10.3. The Kier molecular flexibility index (Phi) is 7.66. The fourth-order valence-corrected chi connectivity index (χ4v) is 4.65. The van der Waals surface area contributed by atoms with Gasteiger partial charge in [-0.1, -0.05) is 35.3 Å². The van der Waals surface area contributed by atoms with E-state index < -0.39 is 15.9 Å². The highest BCUT2D eigenvalue weighted by molar-refractivity contribution is 7.92. The molecule has 0 radical (unpaired) electrons. The molecule has 0 atom stereocenters. The molecule has 0 aliphatic heterocycles. The van der Waals surface area contributed by atoms with E-state index in [1.807, 2.05) is 19.9 Å². The number of hydrogen-bond donors (Lipinski definition) is 2. The molecule has 2 N–H and O–H groups in total. The van der Waals surface area contributed by atoms with Crippen molar-refractivity contribution in [2.75, 3.05) is 17.9 Å². The number of amides is 1. The summed E-state index contributed by atoms with van der Waals surface area (Å²) in [6.45, 7) is 4.18. The molecular formula is C23H22Cl2N2O4S. The lowest BCUT2D eigenvalue weighted by Gasteiger charge is -2.14. The second-order valence-electron chi connectivity index (χ2n) is 7.06. The summed E-state index contributed by atoms with van der Waals surface area (Å²) in [5.74, 6) is 0.186. The number of ether oxygens (including phenoxy) is 1. The van der Waals surface area contributed by atoms with Gasteiger partial charge in [-0.15, -0.1) is 0 Å². The molecule has 0 fully saturated rings. The molecule has 0 spiro atoms. The van der Waals surface area contributed by atoms with E-state index >= 15 is 0 Å². The first kappa shape index (κ1) is 23.9. The molecule has 0 aliphatic rings. The minimum Gasteiger partial charge on any atom is -0.492 e. The molecule has 0 aliphatic carbocycles. The quantitative estimate of drug-likeness (QED) is 0.422. The van der Waals surface area contributed by atoms with Gasteiger partial charge < -0.3 is 10.1 Å². The highest BCUT2D eigenvalue weighted by Gasteiger charge is 2.21. The number of anilines is 1. The molecule has 0 aromatic heterocycles. The molecule has 3 rings (SSSR count). The minimum absolute atomic E-state index is 0.0189. The fourth-order valence-electron chi connectivity index (χ4n) is 2.88. The van der Waals surface area contributed by atoms with Gasteiger partial charge in [0.25, 0.3) is 15.9 Å². The van der Waals surface area contributed by atoms with Gasteiger partial charge in [0.2, 0.25) is 0 Å². The van der Waals surface area contributed by atoms with E-state index in [1.165, 1.54) is 18.2 Å². The second-order valence-corrected chi connectivity index (χ2v) is 9.55. The van der Waals surface area contributed by atoms with Crippen LogP contribution in [0.2, 0.25) is 10.0 Å². The molecule has 0 unspecified atom stereocenters. The number of rotatable bonds is 8. The van der Waals surface area contributed by atoms with Crippen LogP contribution < -0.4 is 14.8 Å². The largest absolute Gasteiger partial charge is 0.492 e. The molecule has 32 heavy (non-hydrogen) atoms. The standard InChI is InChI=1S/C23H22Cl2N2O4S/c1-15-4-3-5-21(16(15)2)27-32(29,30)22-14-17(6-11-20(22)25)23(28)26-12-13-31-19-9-7-18(24)8-10-19/h3-11,14,27H,12-13H2,1-2H3,(H,26,28). The van der Waals surface area contributed by atoms with Gasteiger partial charge in [0.15, 0.2) is 0 Å². The minimum atomic E-state index is -4.00. The maximum absolute atomic E-state index is 12.9. The number of carbonyl (C=O) groups is 1. The van der Waals surface area contributed by atoms with E-state index in [-0.39, 0.29) is 28.6 Å². The number of carbonyl (C=O) groups excluding carboxylic acids is 1. The monoisotopic (exact) mass is 492 g/mol. The summed E-state index contributed by atoms with van der Waals surface area (Å²) in [5, 5.41) is 3.32. The molecule has 1 amide bonds. The molecule has 3 aromatic carbocycles. The Hall–Kier alpha value is -2.74. The molecule has 0 saturated carbocycles. The Morgan fingerprint density at radius 1 is 1.00 bits per heavy atom. The zero-order valence-corrected chi connectivity index (χ0v) is 19.8. The predicted octanol–water partition coefficient (Wildman–Crippen LogP) is 5.22. The Morgan fingerprint density at radius 3 is 2.44 bits per heavy atom. The smallest absolute Gasteiger partial charge is 0.263 e. The van der Waals surface area contributed by atoms with Gasteiger partial charge in [0.05, 0.1) is 17.3 Å². The van der Waals surface area contributed by atoms with Crippen molar-refractivity contribution in [2.24, 2.45) is 0 Å². The molecule has 0 saturated heterocycles. The molecular weight excluding hydrogens is 471 g/mol. The van der Waals surface area contributed by atoms with Crippen LogP contribution in [0.4, 0.5) is 5.69 Å². The lowest BCUT2D eigenvalue weighted by Crippen LogP contribution is -2.28. The zero-order valence-electron chi connectivity index (χ0n) is 17.5. The van der Waals surface area contributed by atoms with E-state index in [9.17, 15) is 13.2 Å². The van der Waals surface area contributed by atoms with Crippen molar-refractivity contribution in [3.05, 3.63) is 87.4 Å². The van der Waals surface area contributed by atoms with Gasteiger partial charge in [-0.05, 0) is 73.5 Å². The summed E-state index contributed by atoms with van der Waals surface area (Å²) < 4.78 is 34.0. The topological polar surface area (TPSA) is 84.5 Å². The number of aryl methyl sites for hydroxylation is 1. The Morgan fingerprint density at radius 2 is 1.72 bits per heavy atom. The van der Waals surface area contributed by atoms with E-state index in [2.05, 4.69) is 10.0 Å². The van der Waals surface area contributed by atoms with Crippen molar-refractivity contribution in [3.8, 4) is 5.75 Å². The summed E-state index contributed by atoms with van der Waals surface area (Å²) in [6, 6.07) is 16.3. The summed E-state index contributed by atoms with van der Waals surface area (Å²) in [7, 11) is -4.00. The van der Waals surface area contributed by atoms with Crippen LogP contribution in [0.1, 0.15) is 21.5 Å². The van der Waals surface area contributed by atoms with E-state index in [4.69, 9.17) is 27.9 Å². The summed E-state index contributed by atoms with van der Waals surface area (Å²) in [6.07, 6.45) is 0. The highest BCUT2D eigenvalue weighted by atomic mass is 35.5. The number of sulfonamides is 1. The van der Waals surface area contributed by atoms with Gasteiger partial charge in [-0.3, -0.25) is 9.52 Å². The normalized spacial score (nSPS) is 11.1. The van der Waals surface area contributed by atoms with Crippen LogP contribution in [0, 0.1) is 13.8 Å². The van der Waals surface area contributed by atoms with Gasteiger partial charge in [0, 0.05) is 10.6 Å². The molecule has 3 aromatic rings. The first-order chi connectivity index (χ1) is 15.2. The van der Waals surface area contributed by atoms with Crippen molar-refractivity contribution in [1.29, 1.82) is 0 Å². The van der Waals surface area contributed by atoms with Crippen LogP contribution in [0.15, 0.2) is 65.6 Å².